The van der Waals surface area contributed by atoms with Crippen molar-refractivity contribution in [1.29, 1.82) is 0 Å². The summed E-state index contributed by atoms with van der Waals surface area (Å²) in [6.07, 6.45) is 0.985. The first kappa shape index (κ1) is 15.4. The van der Waals surface area contributed by atoms with Gasteiger partial charge in [-0.3, -0.25) is 4.79 Å². The SMILES string of the molecule is CCc1ccc(C(=O)N2CCSC2c2cccc(Cl)c2)cc1. The van der Waals surface area contributed by atoms with Gasteiger partial charge in [0.1, 0.15) is 5.37 Å². The number of aryl methyl sites for hydroxylation is 1. The first-order valence-corrected chi connectivity index (χ1v) is 8.88. The maximum absolute atomic E-state index is 12.8. The molecule has 1 fully saturated rings. The van der Waals surface area contributed by atoms with E-state index in [1.165, 1.54) is 5.56 Å². The molecule has 1 unspecified atom stereocenters. The molecule has 1 saturated heterocycles. The maximum atomic E-state index is 12.8. The topological polar surface area (TPSA) is 20.3 Å². The van der Waals surface area contributed by atoms with Gasteiger partial charge in [-0.05, 0) is 41.8 Å². The normalized spacial score (nSPS) is 17.7. The summed E-state index contributed by atoms with van der Waals surface area (Å²) in [5.41, 5.74) is 3.10. The van der Waals surface area contributed by atoms with Crippen molar-refractivity contribution in [3.8, 4) is 0 Å². The second kappa shape index (κ2) is 6.76. The highest BCUT2D eigenvalue weighted by Crippen LogP contribution is 2.39. The lowest BCUT2D eigenvalue weighted by atomic mass is 10.1. The van der Waals surface area contributed by atoms with Crippen molar-refractivity contribution >= 4 is 29.3 Å². The number of halogens is 1. The Morgan fingerprint density at radius 2 is 2.05 bits per heavy atom. The molecule has 0 saturated carbocycles. The van der Waals surface area contributed by atoms with Crippen LogP contribution in [0.3, 0.4) is 0 Å². The molecule has 3 rings (SSSR count). The highest BCUT2D eigenvalue weighted by Gasteiger charge is 2.31. The fraction of sp³-hybridized carbons (Fsp3) is 0.278. The molecule has 0 aromatic heterocycles. The molecular formula is C18H18ClNOS. The quantitative estimate of drug-likeness (QED) is 0.806. The number of benzene rings is 2. The summed E-state index contributed by atoms with van der Waals surface area (Å²) in [5, 5.41) is 0.766. The molecular weight excluding hydrogens is 314 g/mol. The van der Waals surface area contributed by atoms with Crippen LogP contribution in [-0.4, -0.2) is 23.1 Å². The van der Waals surface area contributed by atoms with E-state index in [9.17, 15) is 4.79 Å². The summed E-state index contributed by atoms with van der Waals surface area (Å²) in [4.78, 5) is 14.7. The third-order valence-electron chi connectivity index (χ3n) is 3.89. The Bertz CT molecular complexity index is 671. The lowest BCUT2D eigenvalue weighted by Gasteiger charge is -2.24. The van der Waals surface area contributed by atoms with Gasteiger partial charge in [0.15, 0.2) is 0 Å². The first-order valence-electron chi connectivity index (χ1n) is 7.46. The molecule has 0 N–H and O–H groups in total. The molecule has 114 valence electrons. The number of amides is 1. The zero-order valence-electron chi connectivity index (χ0n) is 12.5. The van der Waals surface area contributed by atoms with E-state index >= 15 is 0 Å². The predicted molar refractivity (Wildman–Crippen MR) is 93.5 cm³/mol. The number of rotatable bonds is 3. The van der Waals surface area contributed by atoms with Crippen molar-refractivity contribution in [3.05, 3.63) is 70.2 Å². The smallest absolute Gasteiger partial charge is 0.255 e. The Morgan fingerprint density at radius 3 is 2.73 bits per heavy atom. The van der Waals surface area contributed by atoms with E-state index in [0.717, 1.165) is 29.8 Å². The molecule has 1 aliphatic heterocycles. The molecule has 0 aliphatic carbocycles. The predicted octanol–water partition coefficient (Wildman–Crippen LogP) is 4.79. The van der Waals surface area contributed by atoms with Crippen LogP contribution in [0.2, 0.25) is 5.02 Å². The number of carbonyl (C=O) groups excluding carboxylic acids is 1. The Balaban J connectivity index is 1.84. The van der Waals surface area contributed by atoms with Crippen molar-refractivity contribution < 1.29 is 4.79 Å². The van der Waals surface area contributed by atoms with Crippen LogP contribution in [0.15, 0.2) is 48.5 Å². The number of carbonyl (C=O) groups is 1. The summed E-state index contributed by atoms with van der Waals surface area (Å²) in [6, 6.07) is 15.7. The molecule has 2 aromatic carbocycles. The summed E-state index contributed by atoms with van der Waals surface area (Å²) in [6.45, 7) is 2.89. The summed E-state index contributed by atoms with van der Waals surface area (Å²) < 4.78 is 0. The molecule has 2 nitrogen and oxygen atoms in total. The van der Waals surface area contributed by atoms with E-state index in [4.69, 9.17) is 11.6 Å². The fourth-order valence-corrected chi connectivity index (χ4v) is 4.11. The Hall–Kier alpha value is -1.45. The van der Waals surface area contributed by atoms with Gasteiger partial charge in [-0.15, -0.1) is 11.8 Å². The lowest BCUT2D eigenvalue weighted by molar-refractivity contribution is 0.0760. The van der Waals surface area contributed by atoms with Gasteiger partial charge in [0.25, 0.3) is 5.91 Å². The molecule has 0 bridgehead atoms. The minimum atomic E-state index is 0.0528. The molecule has 0 spiro atoms. The second-order valence-electron chi connectivity index (χ2n) is 5.33. The molecule has 22 heavy (non-hydrogen) atoms. The van der Waals surface area contributed by atoms with Crippen LogP contribution in [0, 0.1) is 0 Å². The van der Waals surface area contributed by atoms with Crippen LogP contribution < -0.4 is 0 Å². The Morgan fingerprint density at radius 1 is 1.27 bits per heavy atom. The van der Waals surface area contributed by atoms with Gasteiger partial charge in [0, 0.05) is 22.9 Å². The van der Waals surface area contributed by atoms with E-state index in [2.05, 4.69) is 6.92 Å². The second-order valence-corrected chi connectivity index (χ2v) is 6.95. The minimum absolute atomic E-state index is 0.0528. The summed E-state index contributed by atoms with van der Waals surface area (Å²) >= 11 is 7.88. The van der Waals surface area contributed by atoms with Crippen molar-refractivity contribution in [2.45, 2.75) is 18.7 Å². The Labute approximate surface area is 140 Å². The average Bonchev–Trinajstić information content (AvgIpc) is 3.04. The monoisotopic (exact) mass is 331 g/mol. The largest absolute Gasteiger partial charge is 0.322 e. The van der Waals surface area contributed by atoms with Crippen LogP contribution in [-0.2, 0) is 6.42 Å². The standard InChI is InChI=1S/C18H18ClNOS/c1-2-13-6-8-14(9-7-13)17(21)20-10-11-22-18(20)15-4-3-5-16(19)12-15/h3-9,12,18H,2,10-11H2,1H3. The van der Waals surface area contributed by atoms with Crippen molar-refractivity contribution in [1.82, 2.24) is 4.90 Å². The van der Waals surface area contributed by atoms with Crippen LogP contribution in [0.5, 0.6) is 0 Å². The van der Waals surface area contributed by atoms with Crippen LogP contribution in [0.4, 0.5) is 0 Å². The van der Waals surface area contributed by atoms with Gasteiger partial charge in [-0.2, -0.15) is 0 Å². The van der Waals surface area contributed by atoms with E-state index in [1.54, 1.807) is 11.8 Å². The highest BCUT2D eigenvalue weighted by atomic mass is 35.5. The summed E-state index contributed by atoms with van der Waals surface area (Å²) in [7, 11) is 0. The lowest BCUT2D eigenvalue weighted by Crippen LogP contribution is -2.30. The van der Waals surface area contributed by atoms with E-state index in [1.807, 2.05) is 53.4 Å². The molecule has 1 heterocycles. The third kappa shape index (κ3) is 3.16. The number of hydrogen-bond donors (Lipinski definition) is 0. The molecule has 1 atom stereocenters. The van der Waals surface area contributed by atoms with E-state index in [-0.39, 0.29) is 11.3 Å². The highest BCUT2D eigenvalue weighted by molar-refractivity contribution is 7.99. The third-order valence-corrected chi connectivity index (χ3v) is 5.39. The van der Waals surface area contributed by atoms with Crippen LogP contribution in [0.1, 0.15) is 33.8 Å². The van der Waals surface area contributed by atoms with Gasteiger partial charge in [0.2, 0.25) is 0 Å². The minimum Gasteiger partial charge on any atom is -0.322 e. The molecule has 2 aromatic rings. The average molecular weight is 332 g/mol. The summed E-state index contributed by atoms with van der Waals surface area (Å²) in [5.74, 6) is 1.05. The first-order chi connectivity index (χ1) is 10.7. The van der Waals surface area contributed by atoms with Gasteiger partial charge in [-0.1, -0.05) is 42.8 Å². The number of thioether (sulfide) groups is 1. The van der Waals surface area contributed by atoms with Gasteiger partial charge in [0.05, 0.1) is 0 Å². The van der Waals surface area contributed by atoms with Gasteiger partial charge >= 0.3 is 0 Å². The zero-order chi connectivity index (χ0) is 15.5. The van der Waals surface area contributed by atoms with Crippen LogP contribution >= 0.6 is 23.4 Å². The Kier molecular flexibility index (Phi) is 4.74. The number of hydrogen-bond acceptors (Lipinski definition) is 2. The van der Waals surface area contributed by atoms with E-state index < -0.39 is 0 Å². The van der Waals surface area contributed by atoms with Gasteiger partial charge in [-0.25, -0.2) is 0 Å². The molecule has 4 heteroatoms. The molecule has 1 amide bonds. The molecule has 0 radical (unpaired) electrons. The fourth-order valence-electron chi connectivity index (χ4n) is 2.66. The van der Waals surface area contributed by atoms with Crippen LogP contribution in [0.25, 0.3) is 0 Å². The van der Waals surface area contributed by atoms with Crippen molar-refractivity contribution in [2.75, 3.05) is 12.3 Å². The van der Waals surface area contributed by atoms with Crippen molar-refractivity contribution in [3.63, 3.8) is 0 Å². The number of nitrogens with zero attached hydrogens (tertiary/aromatic N) is 1. The van der Waals surface area contributed by atoms with Gasteiger partial charge < -0.3 is 4.90 Å². The van der Waals surface area contributed by atoms with E-state index in [0.29, 0.717) is 5.02 Å². The maximum Gasteiger partial charge on any atom is 0.255 e. The molecule has 1 aliphatic rings. The zero-order valence-corrected chi connectivity index (χ0v) is 14.0. The van der Waals surface area contributed by atoms with Crippen molar-refractivity contribution in [2.24, 2.45) is 0 Å².